The molecule has 0 radical (unpaired) electrons. The summed E-state index contributed by atoms with van der Waals surface area (Å²) in [5.41, 5.74) is 1.37. The number of carbonyl (C=O) groups excluding carboxylic acids is 1. The highest BCUT2D eigenvalue weighted by atomic mass is 16.5. The lowest BCUT2D eigenvalue weighted by molar-refractivity contribution is 0.0601. The van der Waals surface area contributed by atoms with Crippen LogP contribution in [-0.2, 0) is 4.74 Å². The number of hydrogen-bond donors (Lipinski definition) is 0. The molecule has 3 rings (SSSR count). The van der Waals surface area contributed by atoms with Crippen LogP contribution in [0.5, 0.6) is 0 Å². The van der Waals surface area contributed by atoms with E-state index < -0.39 is 0 Å². The molecule has 4 heteroatoms. The molecule has 2 aromatic carbocycles. The van der Waals surface area contributed by atoms with Crippen LogP contribution < -0.4 is 0 Å². The van der Waals surface area contributed by atoms with Gasteiger partial charge in [0.1, 0.15) is 5.52 Å². The first-order chi connectivity index (χ1) is 8.79. The summed E-state index contributed by atoms with van der Waals surface area (Å²) in [6.07, 6.45) is 1.66. The van der Waals surface area contributed by atoms with Gasteiger partial charge >= 0.3 is 5.97 Å². The highest BCUT2D eigenvalue weighted by Gasteiger charge is 2.08. The summed E-state index contributed by atoms with van der Waals surface area (Å²) in [6, 6.07) is 11.3. The van der Waals surface area contributed by atoms with E-state index in [4.69, 9.17) is 4.74 Å². The molecule has 1 aromatic heterocycles. The lowest BCUT2D eigenvalue weighted by Crippen LogP contribution is -2.00. The van der Waals surface area contributed by atoms with Gasteiger partial charge in [0.25, 0.3) is 0 Å². The van der Waals surface area contributed by atoms with Crippen molar-refractivity contribution in [2.24, 2.45) is 0 Å². The molecule has 18 heavy (non-hydrogen) atoms. The van der Waals surface area contributed by atoms with Crippen LogP contribution in [0.3, 0.4) is 0 Å². The van der Waals surface area contributed by atoms with Gasteiger partial charge in [0, 0.05) is 10.8 Å². The maximum Gasteiger partial charge on any atom is 0.337 e. The Balaban J connectivity index is 2.31. The predicted molar refractivity (Wildman–Crippen MR) is 68.4 cm³/mol. The molecule has 0 saturated heterocycles. The average Bonchev–Trinajstić information content (AvgIpc) is 2.45. The standard InChI is InChI=1S/C14H10N2O2/c1-18-14(17)11-4-5-12-10(8-11)3-2-9-6-7-15-16-13(9)12/h2-8H,1H3. The quantitative estimate of drug-likeness (QED) is 0.483. The Morgan fingerprint density at radius 1 is 1.11 bits per heavy atom. The van der Waals surface area contributed by atoms with E-state index >= 15 is 0 Å². The van der Waals surface area contributed by atoms with Crippen LogP contribution in [0, 0.1) is 0 Å². The molecule has 0 spiro atoms. The van der Waals surface area contributed by atoms with Gasteiger partial charge in [-0.1, -0.05) is 18.2 Å². The molecule has 0 amide bonds. The summed E-state index contributed by atoms with van der Waals surface area (Å²) in [5.74, 6) is -0.337. The van der Waals surface area contributed by atoms with E-state index in [2.05, 4.69) is 10.2 Å². The summed E-state index contributed by atoms with van der Waals surface area (Å²) >= 11 is 0. The Labute approximate surface area is 103 Å². The number of nitrogens with zero attached hydrogens (tertiary/aromatic N) is 2. The number of carbonyl (C=O) groups is 1. The fourth-order valence-corrected chi connectivity index (χ4v) is 2.03. The van der Waals surface area contributed by atoms with E-state index in [-0.39, 0.29) is 5.97 Å². The Bertz CT molecular complexity index is 753. The van der Waals surface area contributed by atoms with Crippen molar-refractivity contribution in [2.45, 2.75) is 0 Å². The van der Waals surface area contributed by atoms with Crippen molar-refractivity contribution < 1.29 is 9.53 Å². The molecular formula is C14H10N2O2. The summed E-state index contributed by atoms with van der Waals surface area (Å²) < 4.78 is 4.71. The zero-order valence-corrected chi connectivity index (χ0v) is 9.75. The Morgan fingerprint density at radius 2 is 1.94 bits per heavy atom. The fraction of sp³-hybridized carbons (Fsp3) is 0.0714. The summed E-state index contributed by atoms with van der Waals surface area (Å²) in [6.45, 7) is 0. The van der Waals surface area contributed by atoms with Crippen molar-refractivity contribution in [2.75, 3.05) is 7.11 Å². The van der Waals surface area contributed by atoms with Gasteiger partial charge in [-0.3, -0.25) is 0 Å². The van der Waals surface area contributed by atoms with Crippen molar-refractivity contribution in [3.05, 3.63) is 48.2 Å². The molecular weight excluding hydrogens is 228 g/mol. The van der Waals surface area contributed by atoms with Crippen LogP contribution in [0.2, 0.25) is 0 Å². The van der Waals surface area contributed by atoms with Crippen LogP contribution in [-0.4, -0.2) is 23.3 Å². The third kappa shape index (κ3) is 1.59. The van der Waals surface area contributed by atoms with Gasteiger partial charge in [0.05, 0.1) is 18.9 Å². The zero-order valence-electron chi connectivity index (χ0n) is 9.75. The lowest BCUT2D eigenvalue weighted by Gasteiger charge is -2.04. The van der Waals surface area contributed by atoms with E-state index in [1.165, 1.54) is 7.11 Å². The summed E-state index contributed by atoms with van der Waals surface area (Å²) in [7, 11) is 1.37. The number of aromatic nitrogens is 2. The number of ether oxygens (including phenoxy) is 1. The molecule has 1 heterocycles. The van der Waals surface area contributed by atoms with Gasteiger partial charge in [-0.15, -0.1) is 5.10 Å². The first kappa shape index (κ1) is 10.7. The summed E-state index contributed by atoms with van der Waals surface area (Å²) in [4.78, 5) is 11.5. The highest BCUT2D eigenvalue weighted by molar-refractivity contribution is 6.06. The fourth-order valence-electron chi connectivity index (χ4n) is 2.03. The van der Waals surface area contributed by atoms with Crippen molar-refractivity contribution in [3.8, 4) is 0 Å². The van der Waals surface area contributed by atoms with Gasteiger partial charge in [-0.05, 0) is 23.6 Å². The molecule has 0 saturated carbocycles. The summed E-state index contributed by atoms with van der Waals surface area (Å²) in [5, 5.41) is 11.0. The van der Waals surface area contributed by atoms with Crippen LogP contribution in [0.15, 0.2) is 42.6 Å². The largest absolute Gasteiger partial charge is 0.465 e. The second-order valence-corrected chi connectivity index (χ2v) is 3.96. The van der Waals surface area contributed by atoms with E-state index in [1.807, 2.05) is 24.3 Å². The predicted octanol–water partition coefficient (Wildman–Crippen LogP) is 2.57. The molecule has 0 fully saturated rings. The SMILES string of the molecule is COC(=O)c1ccc2c(ccc3ccnnc32)c1. The Morgan fingerprint density at radius 3 is 2.78 bits per heavy atom. The van der Waals surface area contributed by atoms with Crippen LogP contribution in [0.25, 0.3) is 21.7 Å². The van der Waals surface area contributed by atoms with Gasteiger partial charge in [0.15, 0.2) is 0 Å². The van der Waals surface area contributed by atoms with Crippen molar-refractivity contribution in [1.29, 1.82) is 0 Å². The smallest absolute Gasteiger partial charge is 0.337 e. The molecule has 0 aliphatic heterocycles. The van der Waals surface area contributed by atoms with Crippen molar-refractivity contribution in [3.63, 3.8) is 0 Å². The molecule has 0 bridgehead atoms. The van der Waals surface area contributed by atoms with Crippen LogP contribution in [0.4, 0.5) is 0 Å². The minimum absolute atomic E-state index is 0.337. The lowest BCUT2D eigenvalue weighted by atomic mass is 10.0. The normalized spacial score (nSPS) is 10.7. The number of esters is 1. The monoisotopic (exact) mass is 238 g/mol. The third-order valence-electron chi connectivity index (χ3n) is 2.92. The molecule has 0 N–H and O–H groups in total. The number of benzene rings is 2. The number of fused-ring (bicyclic) bond motifs is 3. The molecule has 0 aliphatic carbocycles. The molecule has 4 nitrogen and oxygen atoms in total. The molecule has 0 atom stereocenters. The molecule has 88 valence electrons. The van der Waals surface area contributed by atoms with E-state index in [0.29, 0.717) is 5.56 Å². The molecule has 0 aliphatic rings. The minimum Gasteiger partial charge on any atom is -0.465 e. The van der Waals surface area contributed by atoms with Gasteiger partial charge in [-0.25, -0.2) is 4.79 Å². The first-order valence-electron chi connectivity index (χ1n) is 5.52. The van der Waals surface area contributed by atoms with Gasteiger partial charge in [-0.2, -0.15) is 5.10 Å². The minimum atomic E-state index is -0.337. The Hall–Kier alpha value is -2.49. The second-order valence-electron chi connectivity index (χ2n) is 3.96. The van der Waals surface area contributed by atoms with Crippen molar-refractivity contribution >= 4 is 27.6 Å². The molecule has 0 unspecified atom stereocenters. The number of methoxy groups -OCH3 is 1. The van der Waals surface area contributed by atoms with Gasteiger partial charge in [0.2, 0.25) is 0 Å². The van der Waals surface area contributed by atoms with Gasteiger partial charge < -0.3 is 4.74 Å². The topological polar surface area (TPSA) is 52.1 Å². The number of rotatable bonds is 1. The maximum atomic E-state index is 11.5. The van der Waals surface area contributed by atoms with Crippen LogP contribution >= 0.6 is 0 Å². The van der Waals surface area contributed by atoms with E-state index in [9.17, 15) is 4.79 Å². The number of hydrogen-bond acceptors (Lipinski definition) is 4. The third-order valence-corrected chi connectivity index (χ3v) is 2.92. The average molecular weight is 238 g/mol. The van der Waals surface area contributed by atoms with E-state index in [0.717, 1.165) is 21.7 Å². The first-order valence-corrected chi connectivity index (χ1v) is 5.52. The van der Waals surface area contributed by atoms with Crippen molar-refractivity contribution in [1.82, 2.24) is 10.2 Å². The highest BCUT2D eigenvalue weighted by Crippen LogP contribution is 2.24. The Kier molecular flexibility index (Phi) is 2.41. The maximum absolute atomic E-state index is 11.5. The zero-order chi connectivity index (χ0) is 12.5. The van der Waals surface area contributed by atoms with Crippen LogP contribution in [0.1, 0.15) is 10.4 Å². The van der Waals surface area contributed by atoms with E-state index in [1.54, 1.807) is 18.3 Å². The second kappa shape index (κ2) is 4.07. The molecule has 3 aromatic rings.